The molecule has 0 heterocycles. The Balaban J connectivity index is 2.20. The molecule has 0 aliphatic rings. The number of rotatable bonds is 8. The summed E-state index contributed by atoms with van der Waals surface area (Å²) in [6.45, 7) is 2.20. The molecule has 1 aromatic rings. The first-order valence-electron chi connectivity index (χ1n) is 7.16. The Labute approximate surface area is 117 Å². The normalized spacial score (nSPS) is 10.7. The van der Waals surface area contributed by atoms with Gasteiger partial charge in [0.05, 0.1) is 0 Å². The number of nitrogens with one attached hydrogen (secondary N) is 1. The van der Waals surface area contributed by atoms with Gasteiger partial charge in [-0.3, -0.25) is 10.2 Å². The molecule has 0 aliphatic heterocycles. The molecule has 1 amide bonds. The number of benzene rings is 1. The third-order valence-electron chi connectivity index (χ3n) is 3.03. The number of unbranched alkanes of at least 4 members (excludes halogenated alkanes) is 1. The summed E-state index contributed by atoms with van der Waals surface area (Å²) in [6, 6.07) is 8.87. The molecule has 0 bridgehead atoms. The fraction of sp³-hybridized carbons (Fsp3) is 0.562. The average molecular weight is 262 g/mol. The van der Waals surface area contributed by atoms with Crippen LogP contribution in [0.15, 0.2) is 24.3 Å². The Bertz CT molecular complexity index is 371. The van der Waals surface area contributed by atoms with Crippen LogP contribution in [0.25, 0.3) is 0 Å². The van der Waals surface area contributed by atoms with Gasteiger partial charge >= 0.3 is 0 Å². The minimum absolute atomic E-state index is 0.100. The maximum Gasteiger partial charge on any atom is 0.234 e. The predicted octanol–water partition coefficient (Wildman–Crippen LogP) is 2.94. The van der Waals surface area contributed by atoms with Crippen LogP contribution in [0, 0.1) is 0 Å². The molecule has 0 aromatic heterocycles. The van der Waals surface area contributed by atoms with E-state index in [-0.39, 0.29) is 5.91 Å². The van der Waals surface area contributed by atoms with Crippen LogP contribution in [-0.4, -0.2) is 25.0 Å². The van der Waals surface area contributed by atoms with Gasteiger partial charge in [0.1, 0.15) is 0 Å². The topological polar surface area (TPSA) is 32.3 Å². The van der Waals surface area contributed by atoms with E-state index in [0.29, 0.717) is 6.42 Å². The molecular weight excluding hydrogens is 236 g/mol. The van der Waals surface area contributed by atoms with Crippen LogP contribution in [0.2, 0.25) is 0 Å². The van der Waals surface area contributed by atoms with Gasteiger partial charge in [-0.25, -0.2) is 5.01 Å². The molecule has 1 rings (SSSR count). The third kappa shape index (κ3) is 6.97. The summed E-state index contributed by atoms with van der Waals surface area (Å²) < 4.78 is 0. The fourth-order valence-electron chi connectivity index (χ4n) is 2.08. The molecule has 19 heavy (non-hydrogen) atoms. The molecule has 0 saturated heterocycles. The van der Waals surface area contributed by atoms with E-state index in [4.69, 9.17) is 0 Å². The van der Waals surface area contributed by atoms with Crippen LogP contribution in [0.1, 0.15) is 43.7 Å². The Morgan fingerprint density at radius 2 is 1.63 bits per heavy atom. The lowest BCUT2D eigenvalue weighted by molar-refractivity contribution is -0.124. The zero-order valence-electron chi connectivity index (χ0n) is 12.4. The molecule has 0 unspecified atom stereocenters. The average Bonchev–Trinajstić information content (AvgIpc) is 2.36. The zero-order valence-corrected chi connectivity index (χ0v) is 12.4. The van der Waals surface area contributed by atoms with E-state index < -0.39 is 0 Å². The summed E-state index contributed by atoms with van der Waals surface area (Å²) in [5, 5.41) is 1.69. The standard InChI is InChI=1S/C16H26N2O/c1-4-7-14-10-12-15(13-11-14)8-5-6-9-16(19)17-18(2)3/h10-13H,4-9H2,1-3H3,(H,17,19). The van der Waals surface area contributed by atoms with Crippen molar-refractivity contribution in [2.45, 2.75) is 45.4 Å². The largest absolute Gasteiger partial charge is 0.289 e. The van der Waals surface area contributed by atoms with Crippen LogP contribution >= 0.6 is 0 Å². The highest BCUT2D eigenvalue weighted by Gasteiger charge is 2.02. The van der Waals surface area contributed by atoms with E-state index >= 15 is 0 Å². The molecule has 0 fully saturated rings. The summed E-state index contributed by atoms with van der Waals surface area (Å²) in [5.41, 5.74) is 5.54. The number of nitrogens with zero attached hydrogens (tertiary/aromatic N) is 1. The molecule has 0 saturated carbocycles. The third-order valence-corrected chi connectivity index (χ3v) is 3.03. The van der Waals surface area contributed by atoms with E-state index in [1.807, 2.05) is 14.1 Å². The van der Waals surface area contributed by atoms with Crippen molar-refractivity contribution in [2.24, 2.45) is 0 Å². The molecular formula is C16H26N2O. The maximum absolute atomic E-state index is 11.4. The molecule has 0 atom stereocenters. The van der Waals surface area contributed by atoms with Crippen molar-refractivity contribution in [3.63, 3.8) is 0 Å². The molecule has 3 heteroatoms. The number of hydrogen-bond acceptors (Lipinski definition) is 2. The van der Waals surface area contributed by atoms with Crippen LogP contribution in [-0.2, 0) is 17.6 Å². The van der Waals surface area contributed by atoms with Gasteiger partial charge < -0.3 is 0 Å². The van der Waals surface area contributed by atoms with Crippen molar-refractivity contribution in [1.29, 1.82) is 0 Å². The van der Waals surface area contributed by atoms with E-state index in [1.165, 1.54) is 17.5 Å². The van der Waals surface area contributed by atoms with E-state index in [2.05, 4.69) is 36.6 Å². The molecule has 106 valence electrons. The Hall–Kier alpha value is -1.35. The van der Waals surface area contributed by atoms with Gasteiger partial charge in [0.2, 0.25) is 5.91 Å². The van der Waals surface area contributed by atoms with Crippen LogP contribution < -0.4 is 5.43 Å². The van der Waals surface area contributed by atoms with Crippen molar-refractivity contribution in [3.05, 3.63) is 35.4 Å². The smallest absolute Gasteiger partial charge is 0.234 e. The van der Waals surface area contributed by atoms with Gasteiger partial charge in [0.15, 0.2) is 0 Å². The Morgan fingerprint density at radius 1 is 1.05 bits per heavy atom. The highest BCUT2D eigenvalue weighted by molar-refractivity contribution is 5.75. The second-order valence-electron chi connectivity index (χ2n) is 5.20. The Kier molecular flexibility index (Phi) is 7.19. The summed E-state index contributed by atoms with van der Waals surface area (Å²) in [7, 11) is 3.66. The summed E-state index contributed by atoms with van der Waals surface area (Å²) in [4.78, 5) is 11.4. The van der Waals surface area contributed by atoms with E-state index in [1.54, 1.807) is 5.01 Å². The van der Waals surface area contributed by atoms with Gasteiger partial charge in [0, 0.05) is 20.5 Å². The van der Waals surface area contributed by atoms with Gasteiger partial charge in [-0.1, -0.05) is 37.6 Å². The SMILES string of the molecule is CCCc1ccc(CCCCC(=O)NN(C)C)cc1. The fourth-order valence-corrected chi connectivity index (χ4v) is 2.08. The lowest BCUT2D eigenvalue weighted by atomic mass is 10.0. The summed E-state index contributed by atoms with van der Waals surface area (Å²) >= 11 is 0. The van der Waals surface area contributed by atoms with Crippen molar-refractivity contribution < 1.29 is 4.79 Å². The molecule has 1 N–H and O–H groups in total. The molecule has 1 aromatic carbocycles. The molecule has 0 aliphatic carbocycles. The summed E-state index contributed by atoms with van der Waals surface area (Å²) in [6.07, 6.45) is 6.02. The maximum atomic E-state index is 11.4. The highest BCUT2D eigenvalue weighted by Crippen LogP contribution is 2.10. The highest BCUT2D eigenvalue weighted by atomic mass is 16.2. The van der Waals surface area contributed by atoms with Gasteiger partial charge in [-0.05, 0) is 36.8 Å². The quantitative estimate of drug-likeness (QED) is 0.577. The number of amides is 1. The van der Waals surface area contributed by atoms with Gasteiger partial charge in [-0.2, -0.15) is 0 Å². The predicted molar refractivity (Wildman–Crippen MR) is 79.8 cm³/mol. The molecule has 0 radical (unpaired) electrons. The second-order valence-corrected chi connectivity index (χ2v) is 5.20. The lowest BCUT2D eigenvalue weighted by Crippen LogP contribution is -2.35. The summed E-state index contributed by atoms with van der Waals surface area (Å²) in [5.74, 6) is 0.100. The van der Waals surface area contributed by atoms with Crippen LogP contribution in [0.5, 0.6) is 0 Å². The first-order chi connectivity index (χ1) is 9.11. The minimum atomic E-state index is 0.100. The van der Waals surface area contributed by atoms with E-state index in [9.17, 15) is 4.79 Å². The number of hydrogen-bond donors (Lipinski definition) is 1. The number of aryl methyl sites for hydroxylation is 2. The first-order valence-corrected chi connectivity index (χ1v) is 7.16. The van der Waals surface area contributed by atoms with Crippen molar-refractivity contribution in [3.8, 4) is 0 Å². The van der Waals surface area contributed by atoms with Crippen molar-refractivity contribution in [1.82, 2.24) is 10.4 Å². The molecule has 0 spiro atoms. The van der Waals surface area contributed by atoms with Crippen LogP contribution in [0.3, 0.4) is 0 Å². The minimum Gasteiger partial charge on any atom is -0.289 e. The van der Waals surface area contributed by atoms with Gasteiger partial charge in [0.25, 0.3) is 0 Å². The second kappa shape index (κ2) is 8.70. The number of carbonyl (C=O) groups is 1. The monoisotopic (exact) mass is 262 g/mol. The van der Waals surface area contributed by atoms with Crippen molar-refractivity contribution >= 4 is 5.91 Å². The van der Waals surface area contributed by atoms with Gasteiger partial charge in [-0.15, -0.1) is 0 Å². The molecule has 3 nitrogen and oxygen atoms in total. The van der Waals surface area contributed by atoms with Crippen molar-refractivity contribution in [2.75, 3.05) is 14.1 Å². The lowest BCUT2D eigenvalue weighted by Gasteiger charge is -2.11. The van der Waals surface area contributed by atoms with E-state index in [0.717, 1.165) is 25.7 Å². The Morgan fingerprint density at radius 3 is 2.16 bits per heavy atom. The number of carbonyl (C=O) groups excluding carboxylic acids is 1. The van der Waals surface area contributed by atoms with Crippen LogP contribution in [0.4, 0.5) is 0 Å². The first kappa shape index (κ1) is 15.7. The zero-order chi connectivity index (χ0) is 14.1. The number of hydrazine groups is 1.